The fourth-order valence-electron chi connectivity index (χ4n) is 1.82. The monoisotopic (exact) mass is 457 g/mol. The summed E-state index contributed by atoms with van der Waals surface area (Å²) in [4.78, 5) is 12.1. The Morgan fingerprint density at radius 1 is 1.04 bits per heavy atom. The zero-order valence-corrected chi connectivity index (χ0v) is 16.0. The number of hydrazine groups is 1. The lowest BCUT2D eigenvalue weighted by atomic mass is 10.2. The van der Waals surface area contributed by atoms with Gasteiger partial charge in [0.15, 0.2) is 5.11 Å². The largest absolute Gasteiger partial charge is 0.497 e. The van der Waals surface area contributed by atoms with Gasteiger partial charge < -0.3 is 14.8 Å². The molecule has 0 aromatic heterocycles. The van der Waals surface area contributed by atoms with Crippen molar-refractivity contribution in [1.82, 2.24) is 10.9 Å². The smallest absolute Gasteiger partial charge is 0.269 e. The second-order valence-corrected chi connectivity index (χ2v) is 6.18. The molecule has 8 heteroatoms. The van der Waals surface area contributed by atoms with Crippen molar-refractivity contribution in [3.63, 3.8) is 0 Å². The fraction of sp³-hybridized carbons (Fsp3) is 0.125. The number of hydrogen-bond donors (Lipinski definition) is 3. The molecular weight excluding hydrogens is 441 g/mol. The first-order valence-corrected chi connectivity index (χ1v) is 8.37. The first kappa shape index (κ1) is 18.3. The summed E-state index contributed by atoms with van der Waals surface area (Å²) in [7, 11) is 3.16. The van der Waals surface area contributed by atoms with Gasteiger partial charge in [0.2, 0.25) is 0 Å². The van der Waals surface area contributed by atoms with Crippen LogP contribution in [0.3, 0.4) is 0 Å². The first-order chi connectivity index (χ1) is 11.5. The van der Waals surface area contributed by atoms with Gasteiger partial charge in [-0.3, -0.25) is 15.6 Å². The second kappa shape index (κ2) is 8.69. The van der Waals surface area contributed by atoms with Crippen LogP contribution in [0.2, 0.25) is 0 Å². The molecule has 0 aliphatic heterocycles. The van der Waals surface area contributed by atoms with Crippen LogP contribution in [0.5, 0.6) is 11.5 Å². The number of nitrogens with one attached hydrogen (secondary N) is 3. The molecule has 0 spiro atoms. The van der Waals surface area contributed by atoms with Crippen molar-refractivity contribution in [3.05, 3.63) is 51.6 Å². The Hall–Kier alpha value is -2.07. The summed E-state index contributed by atoms with van der Waals surface area (Å²) in [6, 6.07) is 12.4. The molecule has 0 bridgehead atoms. The summed E-state index contributed by atoms with van der Waals surface area (Å²) in [6.07, 6.45) is 0. The molecule has 126 valence electrons. The molecule has 0 atom stereocenters. The summed E-state index contributed by atoms with van der Waals surface area (Å²) in [5.74, 6) is 1.08. The molecule has 24 heavy (non-hydrogen) atoms. The Kier molecular flexibility index (Phi) is 6.62. The van der Waals surface area contributed by atoms with E-state index in [2.05, 4.69) is 38.8 Å². The molecule has 2 aromatic rings. The highest BCUT2D eigenvalue weighted by Crippen LogP contribution is 2.21. The molecule has 0 aliphatic rings. The van der Waals surface area contributed by atoms with Crippen molar-refractivity contribution in [1.29, 1.82) is 0 Å². The number of carbonyl (C=O) groups is 1. The third kappa shape index (κ3) is 4.96. The van der Waals surface area contributed by atoms with Crippen LogP contribution in [-0.4, -0.2) is 25.2 Å². The molecule has 0 saturated carbocycles. The predicted octanol–water partition coefficient (Wildman–Crippen LogP) is 2.94. The number of anilines is 1. The third-order valence-electron chi connectivity index (χ3n) is 3.05. The minimum Gasteiger partial charge on any atom is -0.497 e. The van der Waals surface area contributed by atoms with Crippen molar-refractivity contribution in [3.8, 4) is 11.5 Å². The van der Waals surface area contributed by atoms with Gasteiger partial charge in [-0.1, -0.05) is 0 Å². The zero-order valence-electron chi connectivity index (χ0n) is 13.1. The Morgan fingerprint density at radius 2 is 1.75 bits per heavy atom. The minimum absolute atomic E-state index is 0.269. The second-order valence-electron chi connectivity index (χ2n) is 4.61. The lowest BCUT2D eigenvalue weighted by Gasteiger charge is -2.12. The molecular formula is C16H16IN3O3S. The molecule has 0 fully saturated rings. The van der Waals surface area contributed by atoms with Crippen LogP contribution in [-0.2, 0) is 0 Å². The summed E-state index contributed by atoms with van der Waals surface area (Å²) in [5.41, 5.74) is 6.44. The maximum atomic E-state index is 12.1. The van der Waals surface area contributed by atoms with E-state index in [1.165, 1.54) is 0 Å². The van der Waals surface area contributed by atoms with Gasteiger partial charge in [0.05, 0.1) is 17.8 Å². The standard InChI is InChI=1S/C16H16IN3O3S/c1-22-12-6-4-11(5-7-12)18-16(24)20-19-15(21)10-3-8-13(17)14(9-10)23-2/h3-9H,1-2H3,(H,19,21)(H2,18,20,24). The number of amides is 1. The van der Waals surface area contributed by atoms with Crippen LogP contribution >= 0.6 is 34.8 Å². The number of halogens is 1. The summed E-state index contributed by atoms with van der Waals surface area (Å²) >= 11 is 7.28. The van der Waals surface area contributed by atoms with Crippen molar-refractivity contribution < 1.29 is 14.3 Å². The highest BCUT2D eigenvalue weighted by atomic mass is 127. The van der Waals surface area contributed by atoms with E-state index in [4.69, 9.17) is 21.7 Å². The highest BCUT2D eigenvalue weighted by Gasteiger charge is 2.09. The number of methoxy groups -OCH3 is 2. The maximum absolute atomic E-state index is 12.1. The van der Waals surface area contributed by atoms with E-state index in [0.717, 1.165) is 15.0 Å². The number of hydrogen-bond acceptors (Lipinski definition) is 4. The number of benzene rings is 2. The van der Waals surface area contributed by atoms with Crippen LogP contribution in [0, 0.1) is 3.57 Å². The Morgan fingerprint density at radius 3 is 2.38 bits per heavy atom. The SMILES string of the molecule is COc1ccc(NC(=S)NNC(=O)c2ccc(I)c(OC)c2)cc1. The molecule has 0 radical (unpaired) electrons. The van der Waals surface area contributed by atoms with Gasteiger partial charge in [0.1, 0.15) is 11.5 Å². The van der Waals surface area contributed by atoms with Crippen LogP contribution < -0.4 is 25.6 Å². The zero-order chi connectivity index (χ0) is 17.5. The van der Waals surface area contributed by atoms with E-state index in [0.29, 0.717) is 11.3 Å². The van der Waals surface area contributed by atoms with Crippen molar-refractivity contribution >= 4 is 51.5 Å². The molecule has 1 amide bonds. The molecule has 0 heterocycles. The van der Waals surface area contributed by atoms with Crippen LogP contribution in [0.25, 0.3) is 0 Å². The fourth-order valence-corrected chi connectivity index (χ4v) is 2.55. The topological polar surface area (TPSA) is 71.6 Å². The van der Waals surface area contributed by atoms with E-state index >= 15 is 0 Å². The Labute approximate surface area is 159 Å². The van der Waals surface area contributed by atoms with Crippen molar-refractivity contribution in [2.24, 2.45) is 0 Å². The molecule has 6 nitrogen and oxygen atoms in total. The Bertz CT molecular complexity index is 738. The molecule has 2 aromatic carbocycles. The molecule has 0 unspecified atom stereocenters. The lowest BCUT2D eigenvalue weighted by molar-refractivity contribution is 0.0944. The number of ether oxygens (including phenoxy) is 2. The van der Waals surface area contributed by atoms with E-state index < -0.39 is 0 Å². The van der Waals surface area contributed by atoms with E-state index in [1.807, 2.05) is 18.2 Å². The molecule has 0 aliphatic carbocycles. The summed E-state index contributed by atoms with van der Waals surface area (Å²) < 4.78 is 11.2. The van der Waals surface area contributed by atoms with Gasteiger partial charge in [-0.2, -0.15) is 0 Å². The molecule has 0 saturated heterocycles. The normalized spacial score (nSPS) is 9.79. The first-order valence-electron chi connectivity index (χ1n) is 6.88. The van der Waals surface area contributed by atoms with Gasteiger partial charge >= 0.3 is 0 Å². The number of thiocarbonyl (C=S) groups is 1. The van der Waals surface area contributed by atoms with Gasteiger partial charge in [-0.05, 0) is 77.3 Å². The predicted molar refractivity (Wildman–Crippen MR) is 106 cm³/mol. The van der Waals surface area contributed by atoms with Crippen molar-refractivity contribution in [2.75, 3.05) is 19.5 Å². The van der Waals surface area contributed by atoms with Gasteiger partial charge in [-0.25, -0.2) is 0 Å². The van der Waals surface area contributed by atoms with E-state index in [1.54, 1.807) is 38.5 Å². The van der Waals surface area contributed by atoms with Crippen LogP contribution in [0.15, 0.2) is 42.5 Å². The van der Waals surface area contributed by atoms with Crippen LogP contribution in [0.4, 0.5) is 5.69 Å². The Balaban J connectivity index is 1.89. The number of carbonyl (C=O) groups excluding carboxylic acids is 1. The van der Waals surface area contributed by atoms with E-state index in [-0.39, 0.29) is 11.0 Å². The van der Waals surface area contributed by atoms with Gasteiger partial charge in [0.25, 0.3) is 5.91 Å². The van der Waals surface area contributed by atoms with E-state index in [9.17, 15) is 4.79 Å². The average molecular weight is 457 g/mol. The summed E-state index contributed by atoms with van der Waals surface area (Å²) in [5, 5.41) is 3.23. The molecule has 3 N–H and O–H groups in total. The summed E-state index contributed by atoms with van der Waals surface area (Å²) in [6.45, 7) is 0. The van der Waals surface area contributed by atoms with Crippen LogP contribution in [0.1, 0.15) is 10.4 Å². The maximum Gasteiger partial charge on any atom is 0.269 e. The average Bonchev–Trinajstić information content (AvgIpc) is 2.60. The molecule has 2 rings (SSSR count). The minimum atomic E-state index is -0.316. The van der Waals surface area contributed by atoms with Crippen molar-refractivity contribution in [2.45, 2.75) is 0 Å². The highest BCUT2D eigenvalue weighted by molar-refractivity contribution is 14.1. The van der Waals surface area contributed by atoms with Gasteiger partial charge in [-0.15, -0.1) is 0 Å². The van der Waals surface area contributed by atoms with Gasteiger partial charge in [0, 0.05) is 11.3 Å². The number of rotatable bonds is 4. The quantitative estimate of drug-likeness (QED) is 0.373. The lowest BCUT2D eigenvalue weighted by Crippen LogP contribution is -2.43. The third-order valence-corrected chi connectivity index (χ3v) is 4.15.